The molecule has 1 aliphatic rings. The minimum atomic E-state index is -1.10. The number of imide groups is 1. The molecule has 1 atom stereocenters. The first kappa shape index (κ1) is 22.0. The van der Waals surface area contributed by atoms with Gasteiger partial charge in [0.2, 0.25) is 0 Å². The highest BCUT2D eigenvalue weighted by molar-refractivity contribution is 6.08. The Morgan fingerprint density at radius 3 is 2.42 bits per heavy atom. The van der Waals surface area contributed by atoms with E-state index in [0.29, 0.717) is 18.5 Å². The fourth-order valence-corrected chi connectivity index (χ4v) is 3.25. The number of hydrogen-bond acceptors (Lipinski definition) is 5. The summed E-state index contributed by atoms with van der Waals surface area (Å²) in [4.78, 5) is 49.9. The highest BCUT2D eigenvalue weighted by Crippen LogP contribution is 2.23. The number of nitrogens with one attached hydrogen (secondary N) is 2. The molecule has 3 rings (SSSR count). The zero-order valence-corrected chi connectivity index (χ0v) is 17.5. The van der Waals surface area contributed by atoms with E-state index in [4.69, 9.17) is 4.74 Å². The van der Waals surface area contributed by atoms with Crippen LogP contribution in [0.3, 0.4) is 0 Å². The lowest BCUT2D eigenvalue weighted by Crippen LogP contribution is -2.44. The Morgan fingerprint density at radius 1 is 1.06 bits per heavy atom. The molecule has 0 spiro atoms. The van der Waals surface area contributed by atoms with Gasteiger partial charge < -0.3 is 15.4 Å². The lowest BCUT2D eigenvalue weighted by atomic mass is 9.93. The standard InChI is InChI=1S/C23H25N3O5/c1-16-8-10-18(11-9-16)24-19(27)15-31-20(28)14-26-21(29)23(2,25-22(26)30)13-12-17-6-4-3-5-7-17/h3-11H,12-15H2,1-2H3,(H,24,27)(H,25,30)/t23-/m1/s1. The van der Waals surface area contributed by atoms with Gasteiger partial charge in [-0.15, -0.1) is 0 Å². The molecular formula is C23H25N3O5. The summed E-state index contributed by atoms with van der Waals surface area (Å²) in [6, 6.07) is 16.1. The first-order valence-corrected chi connectivity index (χ1v) is 9.97. The summed E-state index contributed by atoms with van der Waals surface area (Å²) in [7, 11) is 0. The maximum Gasteiger partial charge on any atom is 0.326 e. The van der Waals surface area contributed by atoms with Crippen molar-refractivity contribution >= 4 is 29.5 Å². The number of esters is 1. The number of urea groups is 1. The summed E-state index contributed by atoms with van der Waals surface area (Å²) >= 11 is 0. The average molecular weight is 423 g/mol. The van der Waals surface area contributed by atoms with Crippen LogP contribution >= 0.6 is 0 Å². The maximum atomic E-state index is 12.8. The molecule has 2 aromatic carbocycles. The van der Waals surface area contributed by atoms with Crippen LogP contribution in [-0.4, -0.2) is 47.4 Å². The number of benzene rings is 2. The number of aryl methyl sites for hydroxylation is 2. The minimum absolute atomic E-state index is 0.395. The van der Waals surface area contributed by atoms with E-state index in [-0.39, 0.29) is 0 Å². The van der Waals surface area contributed by atoms with Crippen LogP contribution in [0, 0.1) is 6.92 Å². The number of rotatable bonds is 8. The van der Waals surface area contributed by atoms with Crippen LogP contribution in [0.1, 0.15) is 24.5 Å². The molecule has 8 heteroatoms. The second-order valence-electron chi connectivity index (χ2n) is 7.71. The van der Waals surface area contributed by atoms with E-state index in [1.54, 1.807) is 19.1 Å². The molecule has 0 aliphatic carbocycles. The molecule has 0 radical (unpaired) electrons. The maximum absolute atomic E-state index is 12.8. The second kappa shape index (κ2) is 9.42. The van der Waals surface area contributed by atoms with Gasteiger partial charge in [-0.2, -0.15) is 0 Å². The number of carbonyl (C=O) groups is 4. The van der Waals surface area contributed by atoms with Gasteiger partial charge in [-0.25, -0.2) is 4.79 Å². The normalized spacial score (nSPS) is 17.9. The summed E-state index contributed by atoms with van der Waals surface area (Å²) in [5, 5.41) is 5.26. The molecule has 2 aromatic rings. The van der Waals surface area contributed by atoms with Crippen molar-refractivity contribution in [1.82, 2.24) is 10.2 Å². The van der Waals surface area contributed by atoms with Gasteiger partial charge in [0.05, 0.1) is 0 Å². The topological polar surface area (TPSA) is 105 Å². The van der Waals surface area contributed by atoms with E-state index in [1.807, 2.05) is 49.4 Å². The number of ether oxygens (including phenoxy) is 1. The van der Waals surface area contributed by atoms with Crippen molar-refractivity contribution in [2.75, 3.05) is 18.5 Å². The number of amides is 4. The van der Waals surface area contributed by atoms with Crippen molar-refractivity contribution in [1.29, 1.82) is 0 Å². The van der Waals surface area contributed by atoms with Crippen molar-refractivity contribution < 1.29 is 23.9 Å². The molecule has 31 heavy (non-hydrogen) atoms. The molecule has 1 saturated heterocycles. The van der Waals surface area contributed by atoms with Gasteiger partial charge in [-0.05, 0) is 44.4 Å². The Balaban J connectivity index is 1.48. The zero-order valence-electron chi connectivity index (χ0n) is 17.5. The molecule has 162 valence electrons. The third-order valence-electron chi connectivity index (χ3n) is 5.09. The predicted octanol–water partition coefficient (Wildman–Crippen LogP) is 2.42. The molecule has 4 amide bonds. The second-order valence-corrected chi connectivity index (χ2v) is 7.71. The van der Waals surface area contributed by atoms with Crippen LogP contribution in [0.2, 0.25) is 0 Å². The van der Waals surface area contributed by atoms with Crippen molar-refractivity contribution in [3.05, 3.63) is 65.7 Å². The van der Waals surface area contributed by atoms with E-state index < -0.39 is 42.5 Å². The Labute approximate surface area is 180 Å². The Morgan fingerprint density at radius 2 is 1.74 bits per heavy atom. The fourth-order valence-electron chi connectivity index (χ4n) is 3.25. The van der Waals surface area contributed by atoms with Crippen LogP contribution in [0.5, 0.6) is 0 Å². The minimum Gasteiger partial charge on any atom is -0.454 e. The van der Waals surface area contributed by atoms with Gasteiger partial charge in [0.15, 0.2) is 6.61 Å². The number of carbonyl (C=O) groups excluding carboxylic acids is 4. The summed E-state index contributed by atoms with van der Waals surface area (Å²) in [5.74, 6) is -1.84. The lowest BCUT2D eigenvalue weighted by molar-refractivity contribution is -0.150. The van der Waals surface area contributed by atoms with Crippen molar-refractivity contribution in [3.8, 4) is 0 Å². The summed E-state index contributed by atoms with van der Waals surface area (Å²) in [6.45, 7) is 2.50. The molecule has 0 unspecified atom stereocenters. The van der Waals surface area contributed by atoms with Crippen molar-refractivity contribution in [3.63, 3.8) is 0 Å². The van der Waals surface area contributed by atoms with Gasteiger partial charge >= 0.3 is 12.0 Å². The van der Waals surface area contributed by atoms with Crippen molar-refractivity contribution in [2.45, 2.75) is 32.2 Å². The van der Waals surface area contributed by atoms with E-state index in [1.165, 1.54) is 0 Å². The van der Waals surface area contributed by atoms with Gasteiger partial charge in [0, 0.05) is 5.69 Å². The third kappa shape index (κ3) is 5.69. The third-order valence-corrected chi connectivity index (χ3v) is 5.09. The van der Waals surface area contributed by atoms with Crippen LogP contribution in [0.15, 0.2) is 54.6 Å². The molecule has 2 N–H and O–H groups in total. The summed E-state index contributed by atoms with van der Waals surface area (Å²) < 4.78 is 4.93. The summed E-state index contributed by atoms with van der Waals surface area (Å²) in [5.41, 5.74) is 1.57. The van der Waals surface area contributed by atoms with Gasteiger partial charge in [-0.3, -0.25) is 19.3 Å². The fraction of sp³-hybridized carbons (Fsp3) is 0.304. The molecule has 0 aromatic heterocycles. The number of hydrogen-bond donors (Lipinski definition) is 2. The Kier molecular flexibility index (Phi) is 6.69. The molecule has 0 bridgehead atoms. The number of anilines is 1. The van der Waals surface area contributed by atoms with Crippen LogP contribution in [0.4, 0.5) is 10.5 Å². The van der Waals surface area contributed by atoms with Crippen LogP contribution in [-0.2, 0) is 25.5 Å². The average Bonchev–Trinajstić information content (AvgIpc) is 2.96. The molecule has 1 aliphatic heterocycles. The first-order chi connectivity index (χ1) is 14.8. The Hall–Kier alpha value is -3.68. The Bertz CT molecular complexity index is 974. The SMILES string of the molecule is Cc1ccc(NC(=O)COC(=O)CN2C(=O)N[C@](C)(CCc3ccccc3)C2=O)cc1. The van der Waals surface area contributed by atoms with Crippen molar-refractivity contribution in [2.24, 2.45) is 0 Å². The molecular weight excluding hydrogens is 398 g/mol. The summed E-state index contributed by atoms with van der Waals surface area (Å²) in [6.07, 6.45) is 0.993. The molecule has 1 fully saturated rings. The highest BCUT2D eigenvalue weighted by atomic mass is 16.5. The van der Waals surface area contributed by atoms with Crippen LogP contribution in [0.25, 0.3) is 0 Å². The smallest absolute Gasteiger partial charge is 0.326 e. The monoisotopic (exact) mass is 423 g/mol. The van der Waals surface area contributed by atoms with E-state index in [0.717, 1.165) is 16.0 Å². The highest BCUT2D eigenvalue weighted by Gasteiger charge is 2.48. The van der Waals surface area contributed by atoms with E-state index in [2.05, 4.69) is 10.6 Å². The van der Waals surface area contributed by atoms with Crippen LogP contribution < -0.4 is 10.6 Å². The van der Waals surface area contributed by atoms with Gasteiger partial charge in [0.25, 0.3) is 11.8 Å². The lowest BCUT2D eigenvalue weighted by Gasteiger charge is -2.21. The first-order valence-electron chi connectivity index (χ1n) is 9.97. The zero-order chi connectivity index (χ0) is 22.4. The predicted molar refractivity (Wildman–Crippen MR) is 114 cm³/mol. The van der Waals surface area contributed by atoms with Gasteiger partial charge in [0.1, 0.15) is 12.1 Å². The molecule has 8 nitrogen and oxygen atoms in total. The number of nitrogens with zero attached hydrogens (tertiary/aromatic N) is 1. The molecule has 1 heterocycles. The van der Waals surface area contributed by atoms with E-state index in [9.17, 15) is 19.2 Å². The van der Waals surface area contributed by atoms with Gasteiger partial charge in [-0.1, -0.05) is 48.0 Å². The quantitative estimate of drug-likeness (QED) is 0.501. The largest absolute Gasteiger partial charge is 0.454 e. The molecule has 0 saturated carbocycles. The van der Waals surface area contributed by atoms with E-state index >= 15 is 0 Å².